The van der Waals surface area contributed by atoms with E-state index < -0.39 is 12.0 Å². The molecule has 5 rings (SSSR count). The molecule has 5 aromatic rings. The minimum Gasteiger partial charge on any atom is -0.480 e. The average molecular weight is 523 g/mol. The zero-order valence-corrected chi connectivity index (χ0v) is 22.0. The highest BCUT2D eigenvalue weighted by Crippen LogP contribution is 2.18. The summed E-state index contributed by atoms with van der Waals surface area (Å²) in [6.45, 7) is 6.19. The fourth-order valence-electron chi connectivity index (χ4n) is 4.80. The summed E-state index contributed by atoms with van der Waals surface area (Å²) in [5.74, 6) is -0.777. The number of carboxylic acids is 1. The van der Waals surface area contributed by atoms with E-state index in [2.05, 4.69) is 25.7 Å². The van der Waals surface area contributed by atoms with Crippen LogP contribution in [0.25, 0.3) is 16.7 Å². The first-order valence-corrected chi connectivity index (χ1v) is 12.7. The third-order valence-corrected chi connectivity index (χ3v) is 6.62. The molecule has 0 saturated heterocycles. The first kappa shape index (κ1) is 25.7. The summed E-state index contributed by atoms with van der Waals surface area (Å²) < 4.78 is 1.76. The molecule has 2 heterocycles. The molecule has 0 saturated carbocycles. The van der Waals surface area contributed by atoms with Crippen molar-refractivity contribution >= 4 is 28.9 Å². The van der Waals surface area contributed by atoms with Crippen molar-refractivity contribution in [2.45, 2.75) is 39.8 Å². The van der Waals surface area contributed by atoms with Crippen LogP contribution in [-0.4, -0.2) is 42.8 Å². The molecule has 0 aliphatic rings. The van der Waals surface area contributed by atoms with Gasteiger partial charge >= 0.3 is 5.97 Å². The fourth-order valence-corrected chi connectivity index (χ4v) is 4.80. The molecular formula is C30H30N6O3. The number of amides is 1. The Kier molecular flexibility index (Phi) is 7.14. The summed E-state index contributed by atoms with van der Waals surface area (Å²) in [6, 6.07) is 20.0. The molecule has 1 unspecified atom stereocenters. The van der Waals surface area contributed by atoms with Gasteiger partial charge in [0.25, 0.3) is 5.91 Å². The molecule has 0 radical (unpaired) electrons. The van der Waals surface area contributed by atoms with Crippen molar-refractivity contribution in [3.8, 4) is 5.69 Å². The highest BCUT2D eigenvalue weighted by Gasteiger charge is 2.23. The standard InChI is InChI=1S/C30H30N6O3/c1-18-14-19(2)27(20(3)15-18)28(37)32-26(29(38)39)16-21-8-10-23(11-9-21)36-13-12-22(35-36)17-31-30-33-24-6-4-5-7-25(24)34-30/h4-15,26H,16-17H2,1-3H3,(H,32,37)(H,38,39)(H2,31,33,34). The van der Waals surface area contributed by atoms with Crippen LogP contribution in [0.15, 0.2) is 72.9 Å². The number of imidazole rings is 1. The second-order valence-electron chi connectivity index (χ2n) is 9.72. The van der Waals surface area contributed by atoms with E-state index in [0.717, 1.165) is 44.7 Å². The van der Waals surface area contributed by atoms with Gasteiger partial charge in [0.15, 0.2) is 0 Å². The van der Waals surface area contributed by atoms with Crippen LogP contribution >= 0.6 is 0 Å². The fraction of sp³-hybridized carbons (Fsp3) is 0.200. The smallest absolute Gasteiger partial charge is 0.326 e. The number of aromatic nitrogens is 4. The second-order valence-corrected chi connectivity index (χ2v) is 9.72. The lowest BCUT2D eigenvalue weighted by Crippen LogP contribution is -2.42. The van der Waals surface area contributed by atoms with Gasteiger partial charge in [0.05, 0.1) is 29.0 Å². The summed E-state index contributed by atoms with van der Waals surface area (Å²) in [7, 11) is 0. The lowest BCUT2D eigenvalue weighted by molar-refractivity contribution is -0.139. The Bertz CT molecular complexity index is 1600. The lowest BCUT2D eigenvalue weighted by atomic mass is 9.98. The van der Waals surface area contributed by atoms with Crippen molar-refractivity contribution in [1.29, 1.82) is 0 Å². The van der Waals surface area contributed by atoms with E-state index in [1.165, 1.54) is 0 Å². The van der Waals surface area contributed by atoms with Crippen LogP contribution in [-0.2, 0) is 17.8 Å². The Morgan fingerprint density at radius 1 is 1.00 bits per heavy atom. The first-order valence-electron chi connectivity index (χ1n) is 12.7. The second kappa shape index (κ2) is 10.8. The van der Waals surface area contributed by atoms with Crippen molar-refractivity contribution in [2.24, 2.45) is 0 Å². The molecule has 0 aliphatic heterocycles. The van der Waals surface area contributed by atoms with Gasteiger partial charge in [-0.15, -0.1) is 0 Å². The summed E-state index contributed by atoms with van der Waals surface area (Å²) in [4.78, 5) is 32.6. The van der Waals surface area contributed by atoms with E-state index in [0.29, 0.717) is 18.1 Å². The SMILES string of the molecule is Cc1cc(C)c(C(=O)NC(Cc2ccc(-n3ccc(CNc4nc5ccccc5[nH]4)n3)cc2)C(=O)O)c(C)c1. The van der Waals surface area contributed by atoms with E-state index in [1.807, 2.05) is 93.7 Å². The van der Waals surface area contributed by atoms with Gasteiger partial charge in [-0.1, -0.05) is 42.0 Å². The monoisotopic (exact) mass is 522 g/mol. The number of anilines is 1. The molecule has 9 nitrogen and oxygen atoms in total. The number of benzene rings is 3. The molecule has 0 aliphatic carbocycles. The van der Waals surface area contributed by atoms with Crippen molar-refractivity contribution in [1.82, 2.24) is 25.1 Å². The Hall–Kier alpha value is -4.92. The van der Waals surface area contributed by atoms with Gasteiger partial charge in [-0.05, 0) is 67.8 Å². The minimum absolute atomic E-state index is 0.164. The van der Waals surface area contributed by atoms with Gasteiger partial charge in [0.1, 0.15) is 6.04 Å². The highest BCUT2D eigenvalue weighted by atomic mass is 16.4. The largest absolute Gasteiger partial charge is 0.480 e. The van der Waals surface area contributed by atoms with E-state index >= 15 is 0 Å². The van der Waals surface area contributed by atoms with E-state index in [9.17, 15) is 14.7 Å². The van der Waals surface area contributed by atoms with E-state index in [1.54, 1.807) is 4.68 Å². The zero-order chi connectivity index (χ0) is 27.5. The van der Waals surface area contributed by atoms with Crippen LogP contribution in [0.1, 0.15) is 38.3 Å². The third-order valence-electron chi connectivity index (χ3n) is 6.62. The predicted octanol–water partition coefficient (Wildman–Crippen LogP) is 4.71. The summed E-state index contributed by atoms with van der Waals surface area (Å²) in [5, 5.41) is 20.4. The number of H-pyrrole nitrogens is 1. The number of aliphatic carboxylic acids is 1. The normalized spacial score (nSPS) is 11.9. The number of nitrogens with zero attached hydrogens (tertiary/aromatic N) is 3. The van der Waals surface area contributed by atoms with Crippen molar-refractivity contribution in [3.63, 3.8) is 0 Å². The molecule has 0 spiro atoms. The Balaban J connectivity index is 1.22. The minimum atomic E-state index is -1.08. The van der Waals surface area contributed by atoms with Gasteiger partial charge < -0.3 is 20.7 Å². The van der Waals surface area contributed by atoms with Gasteiger partial charge in [-0.25, -0.2) is 14.5 Å². The van der Waals surface area contributed by atoms with Crippen LogP contribution < -0.4 is 10.6 Å². The quantitative estimate of drug-likeness (QED) is 0.222. The van der Waals surface area contributed by atoms with Crippen LogP contribution in [0.3, 0.4) is 0 Å². The van der Waals surface area contributed by atoms with Crippen molar-refractivity contribution < 1.29 is 14.7 Å². The lowest BCUT2D eigenvalue weighted by Gasteiger charge is -2.17. The number of para-hydroxylation sites is 2. The number of carbonyl (C=O) groups excluding carboxylic acids is 1. The number of carboxylic acid groups (broad SMARTS) is 1. The maximum absolute atomic E-state index is 12.9. The van der Waals surface area contributed by atoms with Crippen LogP contribution in [0.2, 0.25) is 0 Å². The Labute approximate surface area is 225 Å². The Morgan fingerprint density at radius 3 is 2.41 bits per heavy atom. The molecule has 4 N–H and O–H groups in total. The number of aryl methyl sites for hydroxylation is 3. The van der Waals surface area contributed by atoms with E-state index in [-0.39, 0.29) is 12.3 Å². The molecule has 3 aromatic carbocycles. The summed E-state index contributed by atoms with van der Waals surface area (Å²) in [5.41, 5.74) is 7.57. The van der Waals surface area contributed by atoms with Gasteiger partial charge in [0.2, 0.25) is 5.95 Å². The van der Waals surface area contributed by atoms with Crippen LogP contribution in [0, 0.1) is 20.8 Å². The number of carbonyl (C=O) groups is 2. The number of nitrogens with one attached hydrogen (secondary N) is 3. The number of fused-ring (bicyclic) bond motifs is 1. The van der Waals surface area contributed by atoms with Gasteiger partial charge in [0, 0.05) is 18.2 Å². The van der Waals surface area contributed by atoms with Crippen LogP contribution in [0.4, 0.5) is 5.95 Å². The molecule has 1 amide bonds. The molecule has 39 heavy (non-hydrogen) atoms. The summed E-state index contributed by atoms with van der Waals surface area (Å²) in [6.07, 6.45) is 2.04. The molecule has 198 valence electrons. The van der Waals surface area contributed by atoms with Crippen molar-refractivity contribution in [3.05, 3.63) is 106 Å². The zero-order valence-electron chi connectivity index (χ0n) is 22.0. The molecule has 2 aromatic heterocycles. The molecule has 1 atom stereocenters. The molecule has 9 heteroatoms. The maximum atomic E-state index is 12.9. The third kappa shape index (κ3) is 5.82. The number of rotatable bonds is 9. The molecule has 0 bridgehead atoms. The van der Waals surface area contributed by atoms with Crippen LogP contribution in [0.5, 0.6) is 0 Å². The highest BCUT2D eigenvalue weighted by molar-refractivity contribution is 5.99. The average Bonchev–Trinajstić information content (AvgIpc) is 3.54. The van der Waals surface area contributed by atoms with E-state index in [4.69, 9.17) is 0 Å². The molecule has 0 fully saturated rings. The van der Waals surface area contributed by atoms with Gasteiger partial charge in [-0.2, -0.15) is 5.10 Å². The number of hydrogen-bond donors (Lipinski definition) is 4. The van der Waals surface area contributed by atoms with Gasteiger partial charge in [-0.3, -0.25) is 4.79 Å². The number of hydrogen-bond acceptors (Lipinski definition) is 5. The predicted molar refractivity (Wildman–Crippen MR) is 150 cm³/mol. The number of aromatic amines is 1. The van der Waals surface area contributed by atoms with Crippen molar-refractivity contribution in [2.75, 3.05) is 5.32 Å². The topological polar surface area (TPSA) is 125 Å². The molecular weight excluding hydrogens is 492 g/mol. The summed E-state index contributed by atoms with van der Waals surface area (Å²) >= 11 is 0. The Morgan fingerprint density at radius 2 is 1.72 bits per heavy atom. The first-order chi connectivity index (χ1) is 18.8. The maximum Gasteiger partial charge on any atom is 0.326 e.